The summed E-state index contributed by atoms with van der Waals surface area (Å²) in [5, 5.41) is 21.0. The van der Waals surface area contributed by atoms with Gasteiger partial charge in [0, 0.05) is 6.07 Å². The number of nitro groups is 1. The number of hydrogen-bond acceptors (Lipinski definition) is 8. The van der Waals surface area contributed by atoms with Gasteiger partial charge in [0.05, 0.1) is 30.8 Å². The van der Waals surface area contributed by atoms with E-state index in [0.29, 0.717) is 0 Å². The van der Waals surface area contributed by atoms with Crippen LogP contribution in [-0.4, -0.2) is 30.0 Å². The topological polar surface area (TPSA) is 129 Å². The van der Waals surface area contributed by atoms with E-state index >= 15 is 0 Å². The maximum Gasteiger partial charge on any atom is 0.351 e. The molecule has 2 aromatic rings. The molecule has 0 amide bonds. The second-order valence-electron chi connectivity index (χ2n) is 5.13. The molecule has 0 radical (unpaired) electrons. The molecular formula is C17H15NO8. The van der Waals surface area contributed by atoms with Crippen molar-refractivity contribution >= 4 is 17.5 Å². The van der Waals surface area contributed by atoms with Crippen LogP contribution >= 0.6 is 0 Å². The molecule has 2 rings (SSSR count). The molecule has 0 spiro atoms. The Morgan fingerprint density at radius 3 is 2.38 bits per heavy atom. The van der Waals surface area contributed by atoms with Crippen LogP contribution in [0.4, 0.5) is 5.69 Å². The van der Waals surface area contributed by atoms with E-state index in [0.717, 1.165) is 24.3 Å². The van der Waals surface area contributed by atoms with Crippen molar-refractivity contribution in [3.05, 3.63) is 61.7 Å². The average molecular weight is 361 g/mol. The number of ether oxygens (including phenoxy) is 2. The van der Waals surface area contributed by atoms with E-state index in [2.05, 4.69) is 0 Å². The molecule has 9 nitrogen and oxygen atoms in total. The number of hydrogen-bond donors (Lipinski definition) is 1. The molecule has 1 heterocycles. The Morgan fingerprint density at radius 2 is 1.85 bits per heavy atom. The fourth-order valence-corrected chi connectivity index (χ4v) is 2.25. The number of nitrogens with zero attached hydrogens (tertiary/aromatic N) is 1. The van der Waals surface area contributed by atoms with Gasteiger partial charge in [-0.05, 0) is 25.1 Å². The molecule has 1 aromatic heterocycles. The number of aromatic hydroxyl groups is 1. The maximum absolute atomic E-state index is 12.2. The SMILES string of the molecule is COc1cc(/C=C/C(=O)c2c(O)cc(C)oc2=O)c([N+](=O)[O-])cc1OC. The van der Waals surface area contributed by atoms with E-state index in [4.69, 9.17) is 13.9 Å². The highest BCUT2D eigenvalue weighted by molar-refractivity contribution is 6.08. The van der Waals surface area contributed by atoms with Gasteiger partial charge in [-0.2, -0.15) is 0 Å². The van der Waals surface area contributed by atoms with E-state index in [1.807, 2.05) is 0 Å². The molecule has 0 fully saturated rings. The lowest BCUT2D eigenvalue weighted by molar-refractivity contribution is -0.385. The number of nitro benzene ring substituents is 1. The zero-order chi connectivity index (χ0) is 19.4. The van der Waals surface area contributed by atoms with Gasteiger partial charge >= 0.3 is 5.63 Å². The minimum atomic E-state index is -1.00. The van der Waals surface area contributed by atoms with Crippen molar-refractivity contribution in [2.24, 2.45) is 0 Å². The molecule has 1 aromatic carbocycles. The predicted molar refractivity (Wildman–Crippen MR) is 90.9 cm³/mol. The minimum absolute atomic E-state index is 0.0528. The number of carbonyl (C=O) groups is 1. The van der Waals surface area contributed by atoms with Crippen LogP contribution in [0.5, 0.6) is 17.2 Å². The normalized spacial score (nSPS) is 10.7. The Bertz CT molecular complexity index is 958. The lowest BCUT2D eigenvalue weighted by atomic mass is 10.1. The third kappa shape index (κ3) is 3.72. The molecule has 9 heteroatoms. The average Bonchev–Trinajstić information content (AvgIpc) is 2.57. The standard InChI is InChI=1S/C17H15NO8/c1-9-6-13(20)16(17(21)26-9)12(19)5-4-10-7-14(24-2)15(25-3)8-11(10)18(22)23/h4-8,20H,1-3H3/b5-4+. The van der Waals surface area contributed by atoms with Gasteiger partial charge in [0.15, 0.2) is 17.3 Å². The largest absolute Gasteiger partial charge is 0.507 e. The molecule has 0 atom stereocenters. The first kappa shape index (κ1) is 18.7. The van der Waals surface area contributed by atoms with Gasteiger partial charge in [-0.15, -0.1) is 0 Å². The Balaban J connectivity index is 2.49. The first-order chi connectivity index (χ1) is 12.3. The molecule has 1 N–H and O–H groups in total. The van der Waals surface area contributed by atoms with Gasteiger partial charge in [-0.25, -0.2) is 4.79 Å². The Labute approximate surface area is 147 Å². The highest BCUT2D eigenvalue weighted by atomic mass is 16.6. The van der Waals surface area contributed by atoms with Gasteiger partial charge in [0.25, 0.3) is 5.69 Å². The highest BCUT2D eigenvalue weighted by Crippen LogP contribution is 2.35. The molecule has 0 aliphatic rings. The van der Waals surface area contributed by atoms with Crippen LogP contribution in [0.2, 0.25) is 0 Å². The third-order valence-electron chi connectivity index (χ3n) is 3.44. The lowest BCUT2D eigenvalue weighted by Crippen LogP contribution is -2.13. The zero-order valence-electron chi connectivity index (χ0n) is 14.1. The molecule has 26 heavy (non-hydrogen) atoms. The second-order valence-corrected chi connectivity index (χ2v) is 5.13. The monoisotopic (exact) mass is 361 g/mol. The summed E-state index contributed by atoms with van der Waals surface area (Å²) in [7, 11) is 2.69. The summed E-state index contributed by atoms with van der Waals surface area (Å²) in [6.07, 6.45) is 2.07. The number of benzene rings is 1. The molecular weight excluding hydrogens is 346 g/mol. The number of methoxy groups -OCH3 is 2. The fraction of sp³-hybridized carbons (Fsp3) is 0.176. The quantitative estimate of drug-likeness (QED) is 0.359. The van der Waals surface area contributed by atoms with E-state index in [1.165, 1.54) is 27.2 Å². The molecule has 0 bridgehead atoms. The zero-order valence-corrected chi connectivity index (χ0v) is 14.1. The van der Waals surface area contributed by atoms with Gasteiger partial charge in [0.1, 0.15) is 17.1 Å². The number of ketones is 1. The summed E-state index contributed by atoms with van der Waals surface area (Å²) >= 11 is 0. The van der Waals surface area contributed by atoms with Crippen LogP contribution < -0.4 is 15.1 Å². The Hall–Kier alpha value is -3.62. The molecule has 0 aliphatic heterocycles. The van der Waals surface area contributed by atoms with Crippen molar-refractivity contribution in [2.75, 3.05) is 14.2 Å². The summed E-state index contributed by atoms with van der Waals surface area (Å²) < 4.78 is 14.9. The van der Waals surface area contributed by atoms with Gasteiger partial charge in [-0.1, -0.05) is 0 Å². The van der Waals surface area contributed by atoms with Crippen LogP contribution in [0.15, 0.2) is 33.5 Å². The number of allylic oxidation sites excluding steroid dienone is 1. The molecule has 0 saturated heterocycles. The summed E-state index contributed by atoms with van der Waals surface area (Å²) in [6.45, 7) is 1.44. The maximum atomic E-state index is 12.2. The van der Waals surface area contributed by atoms with Crippen molar-refractivity contribution in [3.63, 3.8) is 0 Å². The van der Waals surface area contributed by atoms with Crippen LogP contribution in [0.25, 0.3) is 6.08 Å². The molecule has 0 saturated carbocycles. The number of rotatable bonds is 6. The molecule has 0 unspecified atom stereocenters. The van der Waals surface area contributed by atoms with Crippen LogP contribution in [0.1, 0.15) is 21.7 Å². The first-order valence-electron chi connectivity index (χ1n) is 7.25. The second kappa shape index (κ2) is 7.51. The summed E-state index contributed by atoms with van der Waals surface area (Å²) in [5.41, 5.74) is -1.84. The van der Waals surface area contributed by atoms with Crippen LogP contribution in [0.3, 0.4) is 0 Å². The summed E-state index contributed by atoms with van der Waals surface area (Å²) in [5.74, 6) is -0.874. The van der Waals surface area contributed by atoms with Crippen LogP contribution in [0, 0.1) is 17.0 Å². The summed E-state index contributed by atoms with van der Waals surface area (Å²) in [6, 6.07) is 3.60. The lowest BCUT2D eigenvalue weighted by Gasteiger charge is -2.08. The number of carbonyl (C=O) groups excluding carboxylic acids is 1. The predicted octanol–water partition coefficient (Wildman–Crippen LogP) is 2.48. The smallest absolute Gasteiger partial charge is 0.351 e. The van der Waals surface area contributed by atoms with Crippen molar-refractivity contribution in [1.82, 2.24) is 0 Å². The van der Waals surface area contributed by atoms with Crippen molar-refractivity contribution in [3.8, 4) is 17.2 Å². The van der Waals surface area contributed by atoms with Gasteiger partial charge in [0.2, 0.25) is 0 Å². The van der Waals surface area contributed by atoms with Crippen LogP contribution in [-0.2, 0) is 0 Å². The van der Waals surface area contributed by atoms with E-state index in [1.54, 1.807) is 0 Å². The van der Waals surface area contributed by atoms with E-state index in [-0.39, 0.29) is 28.5 Å². The number of aryl methyl sites for hydroxylation is 1. The van der Waals surface area contributed by atoms with E-state index < -0.39 is 27.6 Å². The van der Waals surface area contributed by atoms with E-state index in [9.17, 15) is 24.8 Å². The Kier molecular flexibility index (Phi) is 5.41. The highest BCUT2D eigenvalue weighted by Gasteiger charge is 2.20. The summed E-state index contributed by atoms with van der Waals surface area (Å²) in [4.78, 5) is 34.5. The Morgan fingerprint density at radius 1 is 1.23 bits per heavy atom. The molecule has 0 aliphatic carbocycles. The third-order valence-corrected chi connectivity index (χ3v) is 3.44. The molecule has 136 valence electrons. The fourth-order valence-electron chi connectivity index (χ4n) is 2.25. The van der Waals surface area contributed by atoms with Crippen molar-refractivity contribution in [2.45, 2.75) is 6.92 Å². The first-order valence-corrected chi connectivity index (χ1v) is 7.25. The van der Waals surface area contributed by atoms with Gasteiger partial charge < -0.3 is 19.0 Å². The van der Waals surface area contributed by atoms with Crippen molar-refractivity contribution < 1.29 is 28.7 Å². The van der Waals surface area contributed by atoms with Crippen molar-refractivity contribution in [1.29, 1.82) is 0 Å². The minimum Gasteiger partial charge on any atom is -0.507 e. The van der Waals surface area contributed by atoms with Gasteiger partial charge in [-0.3, -0.25) is 14.9 Å².